The lowest BCUT2D eigenvalue weighted by Crippen LogP contribution is -2.21. The van der Waals surface area contributed by atoms with E-state index in [1.807, 2.05) is 6.92 Å². The SMILES string of the molecule is CCCCCCCCS(=O)(=O)C(C)CCCCCC. The molecule has 0 amide bonds. The first kappa shape index (κ1) is 18.9. The Morgan fingerprint density at radius 1 is 0.737 bits per heavy atom. The van der Waals surface area contributed by atoms with Gasteiger partial charge < -0.3 is 0 Å². The summed E-state index contributed by atoms with van der Waals surface area (Å²) >= 11 is 0. The Labute approximate surface area is 121 Å². The van der Waals surface area contributed by atoms with E-state index in [4.69, 9.17) is 0 Å². The van der Waals surface area contributed by atoms with E-state index in [-0.39, 0.29) is 5.25 Å². The Morgan fingerprint density at radius 2 is 1.21 bits per heavy atom. The Kier molecular flexibility index (Phi) is 11.7. The minimum Gasteiger partial charge on any atom is -0.229 e. The third-order valence-electron chi connectivity index (χ3n) is 3.86. The van der Waals surface area contributed by atoms with Gasteiger partial charge in [-0.2, -0.15) is 0 Å². The molecule has 0 N–H and O–H groups in total. The van der Waals surface area contributed by atoms with Gasteiger partial charge in [-0.15, -0.1) is 0 Å². The fraction of sp³-hybridized carbons (Fsp3) is 1.00. The van der Waals surface area contributed by atoms with Gasteiger partial charge in [-0.1, -0.05) is 71.6 Å². The van der Waals surface area contributed by atoms with Crippen molar-refractivity contribution in [2.75, 3.05) is 5.75 Å². The maximum Gasteiger partial charge on any atom is 0.152 e. The summed E-state index contributed by atoms with van der Waals surface area (Å²) in [4.78, 5) is 0. The molecule has 19 heavy (non-hydrogen) atoms. The molecule has 0 aromatic carbocycles. The van der Waals surface area contributed by atoms with Crippen LogP contribution in [-0.4, -0.2) is 19.4 Å². The Balaban J connectivity index is 3.71. The van der Waals surface area contributed by atoms with Gasteiger partial charge in [0.1, 0.15) is 0 Å². The van der Waals surface area contributed by atoms with Crippen molar-refractivity contribution in [2.45, 2.75) is 96.7 Å². The van der Waals surface area contributed by atoms with Gasteiger partial charge in [0.2, 0.25) is 0 Å². The van der Waals surface area contributed by atoms with Crippen LogP contribution >= 0.6 is 0 Å². The topological polar surface area (TPSA) is 34.1 Å². The fourth-order valence-electron chi connectivity index (χ4n) is 2.32. The molecule has 0 aromatic rings. The molecular formula is C16H34O2S. The molecule has 0 aliphatic carbocycles. The molecule has 0 aliphatic heterocycles. The van der Waals surface area contributed by atoms with E-state index in [1.165, 1.54) is 44.9 Å². The summed E-state index contributed by atoms with van der Waals surface area (Å²) in [6.45, 7) is 6.27. The maximum absolute atomic E-state index is 12.1. The van der Waals surface area contributed by atoms with Crippen molar-refractivity contribution in [3.63, 3.8) is 0 Å². The molecule has 0 fully saturated rings. The molecule has 0 aliphatic rings. The van der Waals surface area contributed by atoms with Crippen molar-refractivity contribution < 1.29 is 8.42 Å². The van der Waals surface area contributed by atoms with Crippen molar-refractivity contribution in [2.24, 2.45) is 0 Å². The molecule has 0 radical (unpaired) electrons. The molecule has 0 spiro atoms. The lowest BCUT2D eigenvalue weighted by Gasteiger charge is -2.12. The van der Waals surface area contributed by atoms with E-state index in [9.17, 15) is 8.42 Å². The van der Waals surface area contributed by atoms with E-state index in [0.717, 1.165) is 25.7 Å². The minimum atomic E-state index is -2.84. The summed E-state index contributed by atoms with van der Waals surface area (Å²) in [5.41, 5.74) is 0. The van der Waals surface area contributed by atoms with Crippen LogP contribution in [0, 0.1) is 0 Å². The highest BCUT2D eigenvalue weighted by Gasteiger charge is 2.19. The van der Waals surface area contributed by atoms with E-state index in [0.29, 0.717) is 5.75 Å². The number of hydrogen-bond donors (Lipinski definition) is 0. The van der Waals surface area contributed by atoms with Gasteiger partial charge in [-0.3, -0.25) is 0 Å². The zero-order valence-electron chi connectivity index (χ0n) is 13.3. The Bertz CT molecular complexity index is 283. The second-order valence-corrected chi connectivity index (χ2v) is 8.33. The minimum absolute atomic E-state index is 0.139. The summed E-state index contributed by atoms with van der Waals surface area (Å²) in [6.07, 6.45) is 12.4. The summed E-state index contributed by atoms with van der Waals surface area (Å²) < 4.78 is 24.2. The van der Waals surface area contributed by atoms with Gasteiger partial charge in [-0.25, -0.2) is 8.42 Å². The summed E-state index contributed by atoms with van der Waals surface area (Å²) in [7, 11) is -2.84. The van der Waals surface area contributed by atoms with Gasteiger partial charge in [0, 0.05) is 0 Å². The quantitative estimate of drug-likeness (QED) is 0.441. The van der Waals surface area contributed by atoms with Crippen LogP contribution < -0.4 is 0 Å². The van der Waals surface area contributed by atoms with Crippen molar-refractivity contribution in [3.8, 4) is 0 Å². The third-order valence-corrected chi connectivity index (χ3v) is 6.18. The molecule has 2 nitrogen and oxygen atoms in total. The lowest BCUT2D eigenvalue weighted by molar-refractivity contribution is 0.556. The highest BCUT2D eigenvalue weighted by atomic mass is 32.2. The summed E-state index contributed by atoms with van der Waals surface area (Å²) in [5.74, 6) is 0.397. The normalized spacial score (nSPS) is 13.6. The van der Waals surface area contributed by atoms with Crippen LogP contribution in [0.25, 0.3) is 0 Å². The first-order valence-electron chi connectivity index (χ1n) is 8.26. The highest BCUT2D eigenvalue weighted by Crippen LogP contribution is 2.15. The number of rotatable bonds is 13. The van der Waals surface area contributed by atoms with Gasteiger partial charge in [0.25, 0.3) is 0 Å². The third kappa shape index (κ3) is 10.4. The standard InChI is InChI=1S/C16H34O2S/c1-4-6-8-10-11-13-15-19(17,18)16(3)14-12-9-7-5-2/h16H,4-15H2,1-3H3. The molecule has 0 heterocycles. The van der Waals surface area contributed by atoms with Crippen LogP contribution in [0.3, 0.4) is 0 Å². The van der Waals surface area contributed by atoms with Gasteiger partial charge in [0.15, 0.2) is 9.84 Å². The molecule has 116 valence electrons. The predicted octanol–water partition coefficient (Wildman–Crippen LogP) is 5.12. The average molecular weight is 291 g/mol. The summed E-state index contributed by atoms with van der Waals surface area (Å²) in [6, 6.07) is 0. The van der Waals surface area contributed by atoms with Crippen molar-refractivity contribution in [3.05, 3.63) is 0 Å². The molecule has 0 aromatic heterocycles. The summed E-state index contributed by atoms with van der Waals surface area (Å²) in [5, 5.41) is -0.139. The first-order valence-corrected chi connectivity index (χ1v) is 9.97. The average Bonchev–Trinajstić information content (AvgIpc) is 2.38. The molecule has 0 bridgehead atoms. The van der Waals surface area contributed by atoms with E-state index in [1.54, 1.807) is 0 Å². The molecule has 0 rings (SSSR count). The van der Waals surface area contributed by atoms with Crippen LogP contribution in [0.15, 0.2) is 0 Å². The predicted molar refractivity (Wildman–Crippen MR) is 85.4 cm³/mol. The zero-order valence-corrected chi connectivity index (χ0v) is 14.1. The van der Waals surface area contributed by atoms with E-state index < -0.39 is 9.84 Å². The smallest absolute Gasteiger partial charge is 0.152 e. The largest absolute Gasteiger partial charge is 0.229 e. The molecule has 0 saturated heterocycles. The van der Waals surface area contributed by atoms with Gasteiger partial charge >= 0.3 is 0 Å². The van der Waals surface area contributed by atoms with Gasteiger partial charge in [-0.05, 0) is 19.8 Å². The molecule has 1 atom stereocenters. The number of hydrogen-bond acceptors (Lipinski definition) is 2. The Morgan fingerprint density at radius 3 is 1.79 bits per heavy atom. The molecular weight excluding hydrogens is 256 g/mol. The van der Waals surface area contributed by atoms with Crippen molar-refractivity contribution >= 4 is 9.84 Å². The fourth-order valence-corrected chi connectivity index (χ4v) is 3.86. The van der Waals surface area contributed by atoms with Crippen LogP contribution in [-0.2, 0) is 9.84 Å². The second-order valence-electron chi connectivity index (χ2n) is 5.79. The second kappa shape index (κ2) is 11.7. The van der Waals surface area contributed by atoms with E-state index in [2.05, 4.69) is 13.8 Å². The molecule has 1 unspecified atom stereocenters. The van der Waals surface area contributed by atoms with Crippen molar-refractivity contribution in [1.82, 2.24) is 0 Å². The maximum atomic E-state index is 12.1. The van der Waals surface area contributed by atoms with Crippen LogP contribution in [0.2, 0.25) is 0 Å². The highest BCUT2D eigenvalue weighted by molar-refractivity contribution is 7.91. The van der Waals surface area contributed by atoms with Crippen LogP contribution in [0.4, 0.5) is 0 Å². The molecule has 3 heteroatoms. The monoisotopic (exact) mass is 290 g/mol. The van der Waals surface area contributed by atoms with E-state index >= 15 is 0 Å². The van der Waals surface area contributed by atoms with Crippen molar-refractivity contribution in [1.29, 1.82) is 0 Å². The Hall–Kier alpha value is -0.0500. The van der Waals surface area contributed by atoms with Crippen LogP contribution in [0.1, 0.15) is 91.4 Å². The molecule has 0 saturated carbocycles. The first-order chi connectivity index (χ1) is 9.04. The number of unbranched alkanes of at least 4 members (excludes halogenated alkanes) is 8. The lowest BCUT2D eigenvalue weighted by atomic mass is 10.1. The number of sulfone groups is 1. The van der Waals surface area contributed by atoms with Gasteiger partial charge in [0.05, 0.1) is 11.0 Å². The van der Waals surface area contributed by atoms with Crippen LogP contribution in [0.5, 0.6) is 0 Å². The zero-order chi connectivity index (χ0) is 14.6.